The Kier molecular flexibility index (Phi) is 5.58. The minimum atomic E-state index is -0.533. The minimum absolute atomic E-state index is 0.0367. The lowest BCUT2D eigenvalue weighted by atomic mass is 10.1. The van der Waals surface area contributed by atoms with Gasteiger partial charge in [0, 0.05) is 37.3 Å². The summed E-state index contributed by atoms with van der Waals surface area (Å²) in [6.45, 7) is 2.19. The number of rotatable bonds is 4. The summed E-state index contributed by atoms with van der Waals surface area (Å²) in [5.41, 5.74) is 0.735. The molecule has 0 radical (unpaired) electrons. The Hall–Kier alpha value is -2.38. The molecule has 1 amide bonds. The fourth-order valence-corrected chi connectivity index (χ4v) is 3.35. The third-order valence-electron chi connectivity index (χ3n) is 4.19. The molecule has 0 aliphatic carbocycles. The number of nitro groups is 1. The van der Waals surface area contributed by atoms with Gasteiger partial charge in [-0.2, -0.15) is 0 Å². The van der Waals surface area contributed by atoms with Crippen molar-refractivity contribution < 1.29 is 9.72 Å². The van der Waals surface area contributed by atoms with Gasteiger partial charge >= 0.3 is 0 Å². The Bertz CT molecular complexity index is 839. The Balaban J connectivity index is 1.60. The van der Waals surface area contributed by atoms with E-state index in [9.17, 15) is 14.9 Å². The van der Waals surface area contributed by atoms with Crippen molar-refractivity contribution >= 4 is 40.6 Å². The molecular weight excluding hydrogens is 379 g/mol. The second-order valence-corrected chi connectivity index (χ2v) is 6.77. The molecule has 1 aromatic heterocycles. The summed E-state index contributed by atoms with van der Waals surface area (Å²) in [7, 11) is 0. The van der Waals surface area contributed by atoms with Crippen LogP contribution in [0.2, 0.25) is 10.0 Å². The maximum atomic E-state index is 12.5. The molecule has 0 bridgehead atoms. The Morgan fingerprint density at radius 2 is 1.92 bits per heavy atom. The molecule has 1 fully saturated rings. The summed E-state index contributed by atoms with van der Waals surface area (Å²) < 4.78 is 0. The summed E-state index contributed by atoms with van der Waals surface area (Å²) in [6.07, 6.45) is 1.50. The molecule has 1 saturated heterocycles. The van der Waals surface area contributed by atoms with Gasteiger partial charge < -0.3 is 9.80 Å². The zero-order valence-electron chi connectivity index (χ0n) is 13.8. The van der Waals surface area contributed by atoms with Crippen molar-refractivity contribution in [1.29, 1.82) is 0 Å². The average molecular weight is 395 g/mol. The van der Waals surface area contributed by atoms with E-state index in [1.165, 1.54) is 12.3 Å². The summed E-state index contributed by atoms with van der Waals surface area (Å²) >= 11 is 12.1. The topological polar surface area (TPSA) is 79.6 Å². The highest BCUT2D eigenvalue weighted by molar-refractivity contribution is 6.33. The number of nitrogens with zero attached hydrogens (tertiary/aromatic N) is 4. The van der Waals surface area contributed by atoms with E-state index < -0.39 is 4.92 Å². The van der Waals surface area contributed by atoms with Gasteiger partial charge in [0.1, 0.15) is 12.0 Å². The normalized spacial score (nSPS) is 14.4. The number of halogens is 2. The number of hydrogen-bond donors (Lipinski definition) is 0. The quantitative estimate of drug-likeness (QED) is 0.587. The summed E-state index contributed by atoms with van der Waals surface area (Å²) in [4.78, 5) is 30.5. The highest BCUT2D eigenvalue weighted by atomic mass is 35.5. The van der Waals surface area contributed by atoms with Gasteiger partial charge in [-0.3, -0.25) is 14.9 Å². The first-order chi connectivity index (χ1) is 12.4. The minimum Gasteiger partial charge on any atom is -0.352 e. The van der Waals surface area contributed by atoms with Crippen LogP contribution in [0, 0.1) is 10.1 Å². The van der Waals surface area contributed by atoms with Crippen LogP contribution in [0.25, 0.3) is 0 Å². The lowest BCUT2D eigenvalue weighted by Crippen LogP contribution is -2.49. The first-order valence-corrected chi connectivity index (χ1v) is 8.77. The number of piperazine rings is 1. The summed E-state index contributed by atoms with van der Waals surface area (Å²) in [5, 5.41) is 11.6. The summed E-state index contributed by atoms with van der Waals surface area (Å²) in [5.74, 6) is 0.536. The number of pyridine rings is 1. The molecule has 1 aliphatic rings. The Morgan fingerprint density at radius 3 is 2.54 bits per heavy atom. The highest BCUT2D eigenvalue weighted by Crippen LogP contribution is 2.27. The molecule has 0 saturated carbocycles. The van der Waals surface area contributed by atoms with Crippen molar-refractivity contribution in [2.45, 2.75) is 6.42 Å². The Morgan fingerprint density at radius 1 is 1.19 bits per heavy atom. The van der Waals surface area contributed by atoms with Gasteiger partial charge in [-0.25, -0.2) is 4.98 Å². The van der Waals surface area contributed by atoms with Crippen LogP contribution in [-0.4, -0.2) is 46.9 Å². The monoisotopic (exact) mass is 394 g/mol. The molecule has 2 aromatic rings. The van der Waals surface area contributed by atoms with Crippen LogP contribution in [0.3, 0.4) is 0 Å². The van der Waals surface area contributed by atoms with E-state index in [2.05, 4.69) is 4.98 Å². The molecule has 3 rings (SSSR count). The van der Waals surface area contributed by atoms with Gasteiger partial charge in [0.05, 0.1) is 16.4 Å². The van der Waals surface area contributed by atoms with Crippen LogP contribution < -0.4 is 4.90 Å². The molecule has 26 heavy (non-hydrogen) atoms. The number of anilines is 1. The number of amides is 1. The van der Waals surface area contributed by atoms with Gasteiger partial charge in [-0.15, -0.1) is 0 Å². The second-order valence-electron chi connectivity index (χ2n) is 5.93. The van der Waals surface area contributed by atoms with E-state index in [-0.39, 0.29) is 16.6 Å². The van der Waals surface area contributed by atoms with E-state index in [0.29, 0.717) is 43.4 Å². The number of aromatic nitrogens is 1. The van der Waals surface area contributed by atoms with Crippen molar-refractivity contribution in [1.82, 2.24) is 9.88 Å². The fraction of sp³-hybridized carbons (Fsp3) is 0.294. The average Bonchev–Trinajstić information content (AvgIpc) is 2.61. The molecule has 2 heterocycles. The van der Waals surface area contributed by atoms with Gasteiger partial charge in [0.15, 0.2) is 0 Å². The van der Waals surface area contributed by atoms with Crippen LogP contribution in [0.15, 0.2) is 36.5 Å². The third kappa shape index (κ3) is 4.23. The first-order valence-electron chi connectivity index (χ1n) is 8.01. The standard InChI is InChI=1S/C17H16Cl2N4O3/c18-13-3-1-2-12(8-13)9-16(24)21-4-6-22(7-5-21)17-15(19)10-14(11-20-17)23(25)26/h1-3,8,10-11H,4-7,9H2. The van der Waals surface area contributed by atoms with E-state index in [1.807, 2.05) is 17.0 Å². The Labute approximate surface area is 160 Å². The first kappa shape index (κ1) is 18.4. The fourth-order valence-electron chi connectivity index (χ4n) is 2.85. The largest absolute Gasteiger partial charge is 0.352 e. The summed E-state index contributed by atoms with van der Waals surface area (Å²) in [6, 6.07) is 8.55. The van der Waals surface area contributed by atoms with Crippen molar-refractivity contribution in [3.63, 3.8) is 0 Å². The SMILES string of the molecule is O=C(Cc1cccc(Cl)c1)N1CCN(c2ncc([N+](=O)[O-])cc2Cl)CC1. The van der Waals surface area contributed by atoms with Gasteiger partial charge in [-0.05, 0) is 17.7 Å². The lowest BCUT2D eigenvalue weighted by molar-refractivity contribution is -0.385. The van der Waals surface area contributed by atoms with Crippen molar-refractivity contribution in [3.05, 3.63) is 62.3 Å². The molecule has 1 aliphatic heterocycles. The molecule has 1 aromatic carbocycles. The molecule has 136 valence electrons. The second kappa shape index (κ2) is 7.88. The van der Waals surface area contributed by atoms with E-state index >= 15 is 0 Å². The highest BCUT2D eigenvalue weighted by Gasteiger charge is 2.24. The van der Waals surface area contributed by atoms with Crippen LogP contribution in [-0.2, 0) is 11.2 Å². The van der Waals surface area contributed by atoms with Crippen molar-refractivity contribution in [2.75, 3.05) is 31.1 Å². The van der Waals surface area contributed by atoms with Crippen LogP contribution >= 0.6 is 23.2 Å². The van der Waals surface area contributed by atoms with Crippen LogP contribution in [0.5, 0.6) is 0 Å². The molecular formula is C17H16Cl2N4O3. The maximum Gasteiger partial charge on any atom is 0.289 e. The van der Waals surface area contributed by atoms with Gasteiger partial charge in [-0.1, -0.05) is 35.3 Å². The molecule has 0 atom stereocenters. The van der Waals surface area contributed by atoms with Crippen LogP contribution in [0.1, 0.15) is 5.56 Å². The number of benzene rings is 1. The maximum absolute atomic E-state index is 12.5. The molecule has 0 spiro atoms. The zero-order chi connectivity index (χ0) is 18.7. The predicted octanol–water partition coefficient (Wildman–Crippen LogP) is 3.19. The van der Waals surface area contributed by atoms with E-state index in [4.69, 9.17) is 23.2 Å². The van der Waals surface area contributed by atoms with Crippen molar-refractivity contribution in [2.24, 2.45) is 0 Å². The molecule has 7 nitrogen and oxygen atoms in total. The molecule has 0 N–H and O–H groups in total. The molecule has 9 heteroatoms. The van der Waals surface area contributed by atoms with Gasteiger partial charge in [0.2, 0.25) is 5.91 Å². The smallest absolute Gasteiger partial charge is 0.289 e. The molecule has 0 unspecified atom stereocenters. The third-order valence-corrected chi connectivity index (χ3v) is 4.71. The predicted molar refractivity (Wildman–Crippen MR) is 99.9 cm³/mol. The zero-order valence-corrected chi connectivity index (χ0v) is 15.3. The number of hydrogen-bond acceptors (Lipinski definition) is 5. The van der Waals surface area contributed by atoms with E-state index in [0.717, 1.165) is 5.56 Å². The lowest BCUT2D eigenvalue weighted by Gasteiger charge is -2.35. The van der Waals surface area contributed by atoms with Gasteiger partial charge in [0.25, 0.3) is 5.69 Å². The van der Waals surface area contributed by atoms with Crippen LogP contribution in [0.4, 0.5) is 11.5 Å². The van der Waals surface area contributed by atoms with Crippen molar-refractivity contribution in [3.8, 4) is 0 Å². The van der Waals surface area contributed by atoms with E-state index in [1.54, 1.807) is 17.0 Å². The number of carbonyl (C=O) groups is 1. The number of carbonyl (C=O) groups excluding carboxylic acids is 1.